The van der Waals surface area contributed by atoms with Crippen molar-refractivity contribution < 1.29 is 18.3 Å². The highest BCUT2D eigenvalue weighted by Gasteiger charge is 2.39. The van der Waals surface area contributed by atoms with E-state index in [1.165, 1.54) is 12.1 Å². The molecule has 0 aliphatic heterocycles. The van der Waals surface area contributed by atoms with Gasteiger partial charge in [-0.2, -0.15) is 13.2 Å². The number of alkyl halides is 3. The molecule has 0 fully saturated rings. The molecule has 0 spiro atoms. The molecule has 2 nitrogen and oxygen atoms in total. The monoisotopic (exact) mass is 191 g/mol. The Hall–Kier alpha value is -1.10. The van der Waals surface area contributed by atoms with Crippen molar-refractivity contribution in [1.82, 2.24) is 4.98 Å². The molecule has 72 valence electrons. The Balaban J connectivity index is 2.90. The van der Waals surface area contributed by atoms with Gasteiger partial charge in [0.05, 0.1) is 0 Å². The van der Waals surface area contributed by atoms with Crippen molar-refractivity contribution >= 4 is 0 Å². The molecule has 1 atom stereocenters. The summed E-state index contributed by atoms with van der Waals surface area (Å²) in [4.78, 5) is 3.65. The van der Waals surface area contributed by atoms with Gasteiger partial charge in [0, 0.05) is 17.5 Å². The van der Waals surface area contributed by atoms with Gasteiger partial charge in [-0.1, -0.05) is 6.07 Å². The molecule has 1 aromatic rings. The summed E-state index contributed by atoms with van der Waals surface area (Å²) in [5, 5.41) is 8.78. The van der Waals surface area contributed by atoms with E-state index in [0.717, 1.165) is 6.20 Å². The van der Waals surface area contributed by atoms with Crippen molar-refractivity contribution in [3.8, 4) is 0 Å². The fraction of sp³-hybridized carbons (Fsp3) is 0.375. The number of nitrogens with zero attached hydrogens (tertiary/aromatic N) is 1. The van der Waals surface area contributed by atoms with E-state index in [0.29, 0.717) is 5.69 Å². The number of pyridine rings is 1. The third-order valence-corrected chi connectivity index (χ3v) is 1.56. The summed E-state index contributed by atoms with van der Waals surface area (Å²) in [6, 6.07) is 2.63. The lowest BCUT2D eigenvalue weighted by Gasteiger charge is -2.13. The fourth-order valence-corrected chi connectivity index (χ4v) is 0.830. The summed E-state index contributed by atoms with van der Waals surface area (Å²) >= 11 is 0. The molecule has 1 N–H and O–H groups in total. The number of halogens is 3. The third kappa shape index (κ3) is 2.42. The Morgan fingerprint density at radius 2 is 2.00 bits per heavy atom. The lowest BCUT2D eigenvalue weighted by Crippen LogP contribution is -2.20. The maximum atomic E-state index is 12.0. The molecule has 13 heavy (non-hydrogen) atoms. The summed E-state index contributed by atoms with van der Waals surface area (Å²) in [6.45, 7) is 1.66. The molecule has 1 rings (SSSR count). The molecular formula is C8H8F3NO. The summed E-state index contributed by atoms with van der Waals surface area (Å²) in [7, 11) is 0. The number of aliphatic hydroxyl groups is 1. The topological polar surface area (TPSA) is 33.1 Å². The SMILES string of the molecule is Cc1ccc([C@H](O)C(F)(F)F)cn1. The molecule has 0 aliphatic carbocycles. The summed E-state index contributed by atoms with van der Waals surface area (Å²) in [5.74, 6) is 0. The Bertz CT molecular complexity index is 280. The van der Waals surface area contributed by atoms with Gasteiger partial charge in [0.25, 0.3) is 0 Å². The van der Waals surface area contributed by atoms with Crippen LogP contribution in [-0.2, 0) is 0 Å². The van der Waals surface area contributed by atoms with Crippen LogP contribution in [0.3, 0.4) is 0 Å². The van der Waals surface area contributed by atoms with Gasteiger partial charge in [0.15, 0.2) is 6.10 Å². The van der Waals surface area contributed by atoms with E-state index in [2.05, 4.69) is 4.98 Å². The van der Waals surface area contributed by atoms with Gasteiger partial charge < -0.3 is 5.11 Å². The highest BCUT2D eigenvalue weighted by molar-refractivity contribution is 5.16. The molecule has 0 bridgehead atoms. The van der Waals surface area contributed by atoms with E-state index < -0.39 is 12.3 Å². The second-order valence-electron chi connectivity index (χ2n) is 2.68. The number of aromatic nitrogens is 1. The molecule has 0 saturated carbocycles. The zero-order valence-corrected chi connectivity index (χ0v) is 6.84. The second kappa shape index (κ2) is 3.33. The maximum absolute atomic E-state index is 12.0. The fourth-order valence-electron chi connectivity index (χ4n) is 0.830. The highest BCUT2D eigenvalue weighted by Crippen LogP contribution is 2.31. The summed E-state index contributed by atoms with van der Waals surface area (Å²) < 4.78 is 35.9. The Morgan fingerprint density at radius 3 is 2.38 bits per heavy atom. The highest BCUT2D eigenvalue weighted by atomic mass is 19.4. The predicted octanol–water partition coefficient (Wildman–Crippen LogP) is 1.99. The Kier molecular flexibility index (Phi) is 2.56. The van der Waals surface area contributed by atoms with Gasteiger partial charge in [0.2, 0.25) is 0 Å². The molecule has 0 saturated heterocycles. The van der Waals surface area contributed by atoms with Crippen molar-refractivity contribution in [2.75, 3.05) is 0 Å². The smallest absolute Gasteiger partial charge is 0.379 e. The van der Waals surface area contributed by atoms with Crippen LogP contribution in [0.25, 0.3) is 0 Å². The average molecular weight is 191 g/mol. The van der Waals surface area contributed by atoms with Gasteiger partial charge >= 0.3 is 6.18 Å². The molecule has 0 amide bonds. The first-order chi connectivity index (χ1) is 5.91. The van der Waals surface area contributed by atoms with Gasteiger partial charge in [-0.25, -0.2) is 0 Å². The van der Waals surface area contributed by atoms with E-state index >= 15 is 0 Å². The number of rotatable bonds is 1. The number of aryl methyl sites for hydroxylation is 1. The van der Waals surface area contributed by atoms with Gasteiger partial charge in [-0.15, -0.1) is 0 Å². The van der Waals surface area contributed by atoms with Crippen molar-refractivity contribution in [1.29, 1.82) is 0 Å². The van der Waals surface area contributed by atoms with E-state index in [1.807, 2.05) is 0 Å². The van der Waals surface area contributed by atoms with Crippen LogP contribution >= 0.6 is 0 Å². The van der Waals surface area contributed by atoms with Gasteiger partial charge in [-0.05, 0) is 13.0 Å². The zero-order chi connectivity index (χ0) is 10.1. The van der Waals surface area contributed by atoms with Crippen LogP contribution in [0.1, 0.15) is 17.4 Å². The molecule has 0 radical (unpaired) electrons. The minimum atomic E-state index is -4.63. The zero-order valence-electron chi connectivity index (χ0n) is 6.84. The largest absolute Gasteiger partial charge is 0.418 e. The average Bonchev–Trinajstić information content (AvgIpc) is 2.03. The van der Waals surface area contributed by atoms with Crippen molar-refractivity contribution in [3.63, 3.8) is 0 Å². The molecule has 0 aromatic carbocycles. The molecule has 0 unspecified atom stereocenters. The normalized spacial score (nSPS) is 14.2. The molecule has 1 aromatic heterocycles. The number of aliphatic hydroxyl groups excluding tert-OH is 1. The molecule has 1 heterocycles. The maximum Gasteiger partial charge on any atom is 0.418 e. The van der Waals surface area contributed by atoms with E-state index in [-0.39, 0.29) is 5.56 Å². The lowest BCUT2D eigenvalue weighted by atomic mass is 10.1. The van der Waals surface area contributed by atoms with Crippen LogP contribution in [0, 0.1) is 6.92 Å². The van der Waals surface area contributed by atoms with Crippen molar-refractivity contribution in [2.24, 2.45) is 0 Å². The van der Waals surface area contributed by atoms with Crippen LogP contribution in [0.5, 0.6) is 0 Å². The van der Waals surface area contributed by atoms with Crippen LogP contribution in [0.2, 0.25) is 0 Å². The predicted molar refractivity (Wildman–Crippen MR) is 40.0 cm³/mol. The van der Waals surface area contributed by atoms with Crippen molar-refractivity contribution in [3.05, 3.63) is 29.6 Å². The summed E-state index contributed by atoms with van der Waals surface area (Å²) in [5.41, 5.74) is 0.372. The first kappa shape index (κ1) is 9.98. The van der Waals surface area contributed by atoms with E-state index in [4.69, 9.17) is 5.11 Å². The third-order valence-electron chi connectivity index (χ3n) is 1.56. The summed E-state index contributed by atoms with van der Waals surface area (Å²) in [6.07, 6.45) is -6.05. The van der Waals surface area contributed by atoms with Crippen LogP contribution in [-0.4, -0.2) is 16.3 Å². The van der Waals surface area contributed by atoms with E-state index in [1.54, 1.807) is 6.92 Å². The second-order valence-corrected chi connectivity index (χ2v) is 2.68. The minimum absolute atomic E-state index is 0.238. The first-order valence-corrected chi connectivity index (χ1v) is 3.58. The molecule has 0 aliphatic rings. The van der Waals surface area contributed by atoms with Crippen LogP contribution < -0.4 is 0 Å². The van der Waals surface area contributed by atoms with Crippen LogP contribution in [0.4, 0.5) is 13.2 Å². The lowest BCUT2D eigenvalue weighted by molar-refractivity contribution is -0.206. The molecular weight excluding hydrogens is 183 g/mol. The van der Waals surface area contributed by atoms with Crippen LogP contribution in [0.15, 0.2) is 18.3 Å². The minimum Gasteiger partial charge on any atom is -0.379 e. The Morgan fingerprint density at radius 1 is 1.38 bits per heavy atom. The number of hydrogen-bond acceptors (Lipinski definition) is 2. The van der Waals surface area contributed by atoms with Gasteiger partial charge in [-0.3, -0.25) is 4.98 Å². The first-order valence-electron chi connectivity index (χ1n) is 3.58. The van der Waals surface area contributed by atoms with E-state index in [9.17, 15) is 13.2 Å². The number of hydrogen-bond donors (Lipinski definition) is 1. The van der Waals surface area contributed by atoms with Crippen molar-refractivity contribution in [2.45, 2.75) is 19.2 Å². The standard InChI is InChI=1S/C8H8F3NO/c1-5-2-3-6(4-12-5)7(13)8(9,10)11/h2-4,7,13H,1H3/t7-/m0/s1. The van der Waals surface area contributed by atoms with Gasteiger partial charge in [0.1, 0.15) is 0 Å². The quantitative estimate of drug-likeness (QED) is 0.736. The molecule has 5 heteroatoms. The Labute approximate surface area is 73.0 Å².